The number of aryl methyl sites for hydroxylation is 1. The largest absolute Gasteiger partial charge is 0.299 e. The molecule has 0 amide bonds. The van der Waals surface area contributed by atoms with Crippen LogP contribution in [-0.4, -0.2) is 5.78 Å². The fourth-order valence-corrected chi connectivity index (χ4v) is 2.45. The number of Topliss-reactive ketones (excluding diaryl/α,β-unsaturated/α-hetero) is 1. The third kappa shape index (κ3) is 1.83. The van der Waals surface area contributed by atoms with Crippen molar-refractivity contribution in [3.8, 4) is 0 Å². The molecule has 0 bridgehead atoms. The molecule has 0 N–H and O–H groups in total. The standard InChI is InChI=1S/C11H14OS/c1-9(12)11(5-6-11)4-2-10-3-7-13-8-10/h3,7-8H,2,4-6H2,1H3. The molecule has 1 nitrogen and oxygen atoms in total. The topological polar surface area (TPSA) is 17.1 Å². The van der Waals surface area contributed by atoms with Crippen LogP contribution in [0, 0.1) is 5.41 Å². The second-order valence-electron chi connectivity index (χ2n) is 3.97. The summed E-state index contributed by atoms with van der Waals surface area (Å²) >= 11 is 1.73. The molecule has 13 heavy (non-hydrogen) atoms. The third-order valence-electron chi connectivity index (χ3n) is 3.07. The van der Waals surface area contributed by atoms with E-state index in [1.807, 2.05) is 0 Å². The average molecular weight is 194 g/mol. The highest BCUT2D eigenvalue weighted by atomic mass is 32.1. The predicted molar refractivity (Wildman–Crippen MR) is 55.0 cm³/mol. The van der Waals surface area contributed by atoms with Crippen LogP contribution in [0.3, 0.4) is 0 Å². The van der Waals surface area contributed by atoms with Gasteiger partial charge in [-0.05, 0) is 55.0 Å². The molecule has 0 saturated heterocycles. The molecular weight excluding hydrogens is 180 g/mol. The number of hydrogen-bond acceptors (Lipinski definition) is 2. The van der Waals surface area contributed by atoms with Crippen molar-refractivity contribution in [2.24, 2.45) is 5.41 Å². The number of thiophene rings is 1. The molecule has 2 rings (SSSR count). The molecule has 1 aliphatic carbocycles. The molecule has 0 aromatic carbocycles. The molecule has 1 saturated carbocycles. The summed E-state index contributed by atoms with van der Waals surface area (Å²) in [4.78, 5) is 11.3. The summed E-state index contributed by atoms with van der Waals surface area (Å²) in [6.07, 6.45) is 4.36. The zero-order valence-corrected chi connectivity index (χ0v) is 8.69. The molecule has 0 aliphatic heterocycles. The Labute approximate surface area is 82.8 Å². The summed E-state index contributed by atoms with van der Waals surface area (Å²) in [7, 11) is 0. The van der Waals surface area contributed by atoms with E-state index in [1.165, 1.54) is 5.56 Å². The Hall–Kier alpha value is -0.630. The first kappa shape index (κ1) is 8.95. The minimum absolute atomic E-state index is 0.0853. The Morgan fingerprint density at radius 3 is 2.85 bits per heavy atom. The first-order chi connectivity index (χ1) is 6.23. The van der Waals surface area contributed by atoms with Gasteiger partial charge in [-0.3, -0.25) is 4.79 Å². The van der Waals surface area contributed by atoms with Crippen LogP contribution in [0.15, 0.2) is 16.8 Å². The lowest BCUT2D eigenvalue weighted by molar-refractivity contribution is -0.122. The van der Waals surface area contributed by atoms with Crippen molar-refractivity contribution in [1.29, 1.82) is 0 Å². The van der Waals surface area contributed by atoms with E-state index < -0.39 is 0 Å². The van der Waals surface area contributed by atoms with Gasteiger partial charge in [-0.15, -0.1) is 0 Å². The number of ketones is 1. The molecular formula is C11H14OS. The van der Waals surface area contributed by atoms with Gasteiger partial charge in [-0.25, -0.2) is 0 Å². The fourth-order valence-electron chi connectivity index (χ4n) is 1.75. The summed E-state index contributed by atoms with van der Waals surface area (Å²) in [5, 5.41) is 4.28. The van der Waals surface area contributed by atoms with Crippen LogP contribution in [0.25, 0.3) is 0 Å². The predicted octanol–water partition coefficient (Wildman–Crippen LogP) is 3.05. The van der Waals surface area contributed by atoms with E-state index in [4.69, 9.17) is 0 Å². The van der Waals surface area contributed by atoms with Gasteiger partial charge in [0.2, 0.25) is 0 Å². The number of rotatable bonds is 4. The monoisotopic (exact) mass is 194 g/mol. The van der Waals surface area contributed by atoms with Gasteiger partial charge >= 0.3 is 0 Å². The zero-order valence-electron chi connectivity index (χ0n) is 7.88. The van der Waals surface area contributed by atoms with Crippen molar-refractivity contribution < 1.29 is 4.79 Å². The number of carbonyl (C=O) groups is 1. The maximum atomic E-state index is 11.3. The van der Waals surface area contributed by atoms with Gasteiger partial charge in [-0.1, -0.05) is 0 Å². The van der Waals surface area contributed by atoms with E-state index in [2.05, 4.69) is 16.8 Å². The summed E-state index contributed by atoms with van der Waals surface area (Å²) in [6.45, 7) is 1.74. The summed E-state index contributed by atoms with van der Waals surface area (Å²) in [5.74, 6) is 0.391. The van der Waals surface area contributed by atoms with Crippen molar-refractivity contribution >= 4 is 17.1 Å². The minimum atomic E-state index is 0.0853. The van der Waals surface area contributed by atoms with Crippen LogP contribution in [0.4, 0.5) is 0 Å². The Morgan fingerprint density at radius 1 is 1.62 bits per heavy atom. The lowest BCUT2D eigenvalue weighted by Gasteiger charge is -2.09. The number of hydrogen-bond donors (Lipinski definition) is 0. The highest BCUT2D eigenvalue weighted by Crippen LogP contribution is 2.50. The molecule has 1 heterocycles. The van der Waals surface area contributed by atoms with Crippen molar-refractivity contribution in [1.82, 2.24) is 0 Å². The third-order valence-corrected chi connectivity index (χ3v) is 3.80. The van der Waals surface area contributed by atoms with Gasteiger partial charge in [0.25, 0.3) is 0 Å². The van der Waals surface area contributed by atoms with Crippen LogP contribution in [-0.2, 0) is 11.2 Å². The second kappa shape index (κ2) is 3.26. The normalized spacial score (nSPS) is 18.5. The zero-order chi connectivity index (χ0) is 9.31. The van der Waals surface area contributed by atoms with E-state index in [0.717, 1.165) is 25.7 Å². The Morgan fingerprint density at radius 2 is 2.38 bits per heavy atom. The lowest BCUT2D eigenvalue weighted by Crippen LogP contribution is -2.12. The van der Waals surface area contributed by atoms with Crippen LogP contribution in [0.5, 0.6) is 0 Å². The SMILES string of the molecule is CC(=O)C1(CCc2ccsc2)CC1. The molecule has 1 fully saturated rings. The molecule has 2 heteroatoms. The molecule has 1 aliphatic rings. The second-order valence-corrected chi connectivity index (χ2v) is 4.75. The lowest BCUT2D eigenvalue weighted by atomic mass is 9.94. The summed E-state index contributed by atoms with van der Waals surface area (Å²) in [5.41, 5.74) is 1.47. The van der Waals surface area contributed by atoms with Crippen molar-refractivity contribution in [2.75, 3.05) is 0 Å². The first-order valence-corrected chi connectivity index (χ1v) is 5.69. The Bertz CT molecular complexity index is 296. The van der Waals surface area contributed by atoms with E-state index >= 15 is 0 Å². The van der Waals surface area contributed by atoms with Gasteiger partial charge in [0.05, 0.1) is 0 Å². The van der Waals surface area contributed by atoms with Gasteiger partial charge in [0, 0.05) is 5.41 Å². The van der Waals surface area contributed by atoms with Crippen molar-refractivity contribution in [3.05, 3.63) is 22.4 Å². The summed E-state index contributed by atoms with van der Waals surface area (Å²) < 4.78 is 0. The maximum Gasteiger partial charge on any atom is 0.135 e. The highest BCUT2D eigenvalue weighted by Gasteiger charge is 2.46. The minimum Gasteiger partial charge on any atom is -0.299 e. The maximum absolute atomic E-state index is 11.3. The molecule has 0 radical (unpaired) electrons. The van der Waals surface area contributed by atoms with Gasteiger partial charge in [-0.2, -0.15) is 11.3 Å². The molecule has 1 aromatic heterocycles. The summed E-state index contributed by atoms with van der Waals surface area (Å²) in [6, 6.07) is 2.15. The van der Waals surface area contributed by atoms with Gasteiger partial charge in [0.1, 0.15) is 5.78 Å². The first-order valence-electron chi connectivity index (χ1n) is 4.75. The van der Waals surface area contributed by atoms with Crippen LogP contribution >= 0.6 is 11.3 Å². The van der Waals surface area contributed by atoms with Crippen molar-refractivity contribution in [3.63, 3.8) is 0 Å². The molecule has 0 unspecified atom stereocenters. The van der Waals surface area contributed by atoms with E-state index in [0.29, 0.717) is 5.78 Å². The molecule has 1 aromatic rings. The fraction of sp³-hybridized carbons (Fsp3) is 0.545. The average Bonchev–Trinajstić information content (AvgIpc) is 2.73. The van der Waals surface area contributed by atoms with E-state index in [1.54, 1.807) is 18.3 Å². The van der Waals surface area contributed by atoms with Gasteiger partial charge in [0.15, 0.2) is 0 Å². The molecule has 0 atom stereocenters. The van der Waals surface area contributed by atoms with Gasteiger partial charge < -0.3 is 0 Å². The van der Waals surface area contributed by atoms with Crippen molar-refractivity contribution in [2.45, 2.75) is 32.6 Å². The van der Waals surface area contributed by atoms with Crippen LogP contribution in [0.2, 0.25) is 0 Å². The smallest absolute Gasteiger partial charge is 0.135 e. The molecule has 0 spiro atoms. The highest BCUT2D eigenvalue weighted by molar-refractivity contribution is 7.07. The van der Waals surface area contributed by atoms with E-state index in [9.17, 15) is 4.79 Å². The quantitative estimate of drug-likeness (QED) is 0.720. The van der Waals surface area contributed by atoms with E-state index in [-0.39, 0.29) is 5.41 Å². The van der Waals surface area contributed by atoms with Crippen LogP contribution in [0.1, 0.15) is 31.7 Å². The molecule has 70 valence electrons. The van der Waals surface area contributed by atoms with Crippen LogP contribution < -0.4 is 0 Å². The number of carbonyl (C=O) groups excluding carboxylic acids is 1. The Balaban J connectivity index is 1.90. The Kier molecular flexibility index (Phi) is 2.24.